The summed E-state index contributed by atoms with van der Waals surface area (Å²) in [6, 6.07) is 8.85. The van der Waals surface area contributed by atoms with Gasteiger partial charge in [0.05, 0.1) is 12.8 Å². The van der Waals surface area contributed by atoms with Gasteiger partial charge in [0.2, 0.25) is 0 Å². The predicted molar refractivity (Wildman–Crippen MR) is 67.6 cm³/mol. The van der Waals surface area contributed by atoms with Gasteiger partial charge in [-0.3, -0.25) is 4.79 Å². The van der Waals surface area contributed by atoms with Gasteiger partial charge in [-0.15, -0.1) is 0 Å². The van der Waals surface area contributed by atoms with Gasteiger partial charge in [0.1, 0.15) is 18.2 Å². The molecule has 5 heteroatoms. The summed E-state index contributed by atoms with van der Waals surface area (Å²) in [6.45, 7) is 0.271. The first-order chi connectivity index (χ1) is 8.72. The van der Waals surface area contributed by atoms with Crippen molar-refractivity contribution in [1.82, 2.24) is 9.97 Å². The Bertz CT molecular complexity index is 593. The number of ether oxygens (including phenoxy) is 2. The molecule has 18 heavy (non-hydrogen) atoms. The number of benzene rings is 1. The molecule has 94 valence electrons. The minimum atomic E-state index is -0.199. The van der Waals surface area contributed by atoms with Crippen molar-refractivity contribution in [3.8, 4) is 17.0 Å². The summed E-state index contributed by atoms with van der Waals surface area (Å²) in [5.74, 6) is 1.23. The Kier molecular flexibility index (Phi) is 3.74. The molecule has 0 aliphatic heterocycles. The zero-order chi connectivity index (χ0) is 13.0. The van der Waals surface area contributed by atoms with Crippen LogP contribution >= 0.6 is 0 Å². The fraction of sp³-hybridized carbons (Fsp3) is 0.231. The smallest absolute Gasteiger partial charge is 0.251 e. The lowest BCUT2D eigenvalue weighted by atomic mass is 10.1. The molecular formula is C13H14N2O3. The number of rotatable bonds is 4. The monoisotopic (exact) mass is 246 g/mol. The van der Waals surface area contributed by atoms with E-state index in [1.807, 2.05) is 24.3 Å². The van der Waals surface area contributed by atoms with Crippen LogP contribution in [0.3, 0.4) is 0 Å². The largest absolute Gasteiger partial charge is 0.497 e. The van der Waals surface area contributed by atoms with Gasteiger partial charge in [-0.2, -0.15) is 0 Å². The maximum atomic E-state index is 11.5. The second kappa shape index (κ2) is 5.46. The highest BCUT2D eigenvalue weighted by Crippen LogP contribution is 2.21. The molecule has 2 aromatic rings. The van der Waals surface area contributed by atoms with Crippen molar-refractivity contribution in [3.63, 3.8) is 0 Å². The van der Waals surface area contributed by atoms with Gasteiger partial charge < -0.3 is 14.5 Å². The average Bonchev–Trinajstić information content (AvgIpc) is 2.38. The van der Waals surface area contributed by atoms with Gasteiger partial charge in [0.25, 0.3) is 5.56 Å². The third kappa shape index (κ3) is 2.75. The van der Waals surface area contributed by atoms with Crippen LogP contribution in [0.25, 0.3) is 11.3 Å². The van der Waals surface area contributed by atoms with Crippen LogP contribution in [0.2, 0.25) is 0 Å². The summed E-state index contributed by atoms with van der Waals surface area (Å²) >= 11 is 0. The Morgan fingerprint density at radius 3 is 2.83 bits per heavy atom. The first-order valence-electron chi connectivity index (χ1n) is 5.46. The van der Waals surface area contributed by atoms with Crippen molar-refractivity contribution in [2.45, 2.75) is 6.61 Å². The summed E-state index contributed by atoms with van der Waals surface area (Å²) in [5, 5.41) is 0. The number of H-pyrrole nitrogens is 1. The Morgan fingerprint density at radius 2 is 2.11 bits per heavy atom. The lowest BCUT2D eigenvalue weighted by Gasteiger charge is -2.05. The van der Waals surface area contributed by atoms with E-state index in [4.69, 9.17) is 9.47 Å². The van der Waals surface area contributed by atoms with Crippen molar-refractivity contribution < 1.29 is 9.47 Å². The molecule has 0 saturated heterocycles. The minimum absolute atomic E-state index is 0.199. The molecule has 0 aliphatic rings. The van der Waals surface area contributed by atoms with Crippen LogP contribution in [0.15, 0.2) is 35.1 Å². The first kappa shape index (κ1) is 12.3. The van der Waals surface area contributed by atoms with Gasteiger partial charge in [-0.05, 0) is 12.1 Å². The molecule has 0 fully saturated rings. The molecule has 1 aromatic heterocycles. The van der Waals surface area contributed by atoms with Crippen LogP contribution in [-0.4, -0.2) is 24.2 Å². The Hall–Kier alpha value is -2.14. The van der Waals surface area contributed by atoms with Crippen LogP contribution in [0, 0.1) is 0 Å². The van der Waals surface area contributed by atoms with Gasteiger partial charge >= 0.3 is 0 Å². The fourth-order valence-electron chi connectivity index (χ4n) is 1.64. The Morgan fingerprint density at radius 1 is 1.28 bits per heavy atom. The highest BCUT2D eigenvalue weighted by atomic mass is 16.5. The molecule has 5 nitrogen and oxygen atoms in total. The number of aromatic amines is 1. The highest BCUT2D eigenvalue weighted by molar-refractivity contribution is 5.60. The Labute approximate surface area is 104 Å². The second-order valence-electron chi connectivity index (χ2n) is 3.74. The molecule has 0 radical (unpaired) electrons. The molecule has 2 rings (SSSR count). The summed E-state index contributed by atoms with van der Waals surface area (Å²) in [4.78, 5) is 18.5. The van der Waals surface area contributed by atoms with Crippen molar-refractivity contribution in [2.24, 2.45) is 0 Å². The maximum Gasteiger partial charge on any atom is 0.251 e. The average molecular weight is 246 g/mol. The maximum absolute atomic E-state index is 11.5. The number of hydrogen-bond donors (Lipinski definition) is 1. The number of aromatic nitrogens is 2. The van der Waals surface area contributed by atoms with Gasteiger partial charge in [-0.1, -0.05) is 12.1 Å². The molecular weight excluding hydrogens is 232 g/mol. The summed E-state index contributed by atoms with van der Waals surface area (Å²) in [6.07, 6.45) is 0. The van der Waals surface area contributed by atoms with E-state index < -0.39 is 0 Å². The molecule has 1 aromatic carbocycles. The molecule has 1 heterocycles. The highest BCUT2D eigenvalue weighted by Gasteiger charge is 2.05. The van der Waals surface area contributed by atoms with E-state index >= 15 is 0 Å². The third-order valence-electron chi connectivity index (χ3n) is 2.44. The van der Waals surface area contributed by atoms with E-state index in [1.54, 1.807) is 14.2 Å². The van der Waals surface area contributed by atoms with Crippen LogP contribution in [0.1, 0.15) is 5.82 Å². The topological polar surface area (TPSA) is 64.2 Å². The summed E-state index contributed by atoms with van der Waals surface area (Å²) in [5.41, 5.74) is 1.23. The minimum Gasteiger partial charge on any atom is -0.497 e. The van der Waals surface area contributed by atoms with E-state index in [0.717, 1.165) is 11.3 Å². The number of nitrogens with one attached hydrogen (secondary N) is 1. The summed E-state index contributed by atoms with van der Waals surface area (Å²) in [7, 11) is 3.15. The number of hydrogen-bond acceptors (Lipinski definition) is 4. The SMILES string of the molecule is COCc1nc(-c2cccc(OC)c2)cc(=O)[nH]1. The fourth-order valence-corrected chi connectivity index (χ4v) is 1.64. The lowest BCUT2D eigenvalue weighted by Crippen LogP contribution is -2.11. The quantitative estimate of drug-likeness (QED) is 0.889. The van der Waals surface area contributed by atoms with Crippen LogP contribution in [0.4, 0.5) is 0 Å². The van der Waals surface area contributed by atoms with E-state index in [0.29, 0.717) is 11.5 Å². The van der Waals surface area contributed by atoms with Crippen LogP contribution < -0.4 is 10.3 Å². The third-order valence-corrected chi connectivity index (χ3v) is 2.44. The van der Waals surface area contributed by atoms with Gasteiger partial charge in [0, 0.05) is 18.7 Å². The molecule has 1 N–H and O–H groups in total. The lowest BCUT2D eigenvalue weighted by molar-refractivity contribution is 0.177. The van der Waals surface area contributed by atoms with Gasteiger partial charge in [0.15, 0.2) is 0 Å². The molecule has 0 amide bonds. The number of methoxy groups -OCH3 is 2. The Balaban J connectivity index is 2.45. The van der Waals surface area contributed by atoms with Crippen LogP contribution in [0.5, 0.6) is 5.75 Å². The van der Waals surface area contributed by atoms with Gasteiger partial charge in [-0.25, -0.2) is 4.98 Å². The molecule has 0 spiro atoms. The van der Waals surface area contributed by atoms with Crippen molar-refractivity contribution in [2.75, 3.05) is 14.2 Å². The van der Waals surface area contributed by atoms with Crippen molar-refractivity contribution in [3.05, 3.63) is 46.5 Å². The molecule has 0 atom stereocenters. The van der Waals surface area contributed by atoms with Crippen molar-refractivity contribution in [1.29, 1.82) is 0 Å². The van der Waals surface area contributed by atoms with E-state index in [9.17, 15) is 4.79 Å². The molecule has 0 saturated carbocycles. The first-order valence-corrected chi connectivity index (χ1v) is 5.46. The normalized spacial score (nSPS) is 10.3. The number of nitrogens with zero attached hydrogens (tertiary/aromatic N) is 1. The molecule has 0 bridgehead atoms. The zero-order valence-electron chi connectivity index (χ0n) is 10.3. The van der Waals surface area contributed by atoms with E-state index in [1.165, 1.54) is 6.07 Å². The van der Waals surface area contributed by atoms with Crippen LogP contribution in [-0.2, 0) is 11.3 Å². The zero-order valence-corrected chi connectivity index (χ0v) is 10.3. The molecule has 0 unspecified atom stereocenters. The van der Waals surface area contributed by atoms with E-state index in [-0.39, 0.29) is 12.2 Å². The summed E-state index contributed by atoms with van der Waals surface area (Å²) < 4.78 is 10.1. The molecule has 0 aliphatic carbocycles. The van der Waals surface area contributed by atoms with Crippen molar-refractivity contribution >= 4 is 0 Å². The predicted octanol–water partition coefficient (Wildman–Crippen LogP) is 1.59. The van der Waals surface area contributed by atoms with E-state index in [2.05, 4.69) is 9.97 Å². The second-order valence-corrected chi connectivity index (χ2v) is 3.74. The standard InChI is InChI=1S/C13H14N2O3/c1-17-8-12-14-11(7-13(16)15-12)9-4-3-5-10(6-9)18-2/h3-7H,8H2,1-2H3,(H,14,15,16).